The molecule has 0 spiro atoms. The van der Waals surface area contributed by atoms with Crippen LogP contribution in [-0.2, 0) is 10.0 Å². The van der Waals surface area contributed by atoms with Crippen LogP contribution in [0.1, 0.15) is 39.0 Å². The molecule has 1 aliphatic carbocycles. The second-order valence-electron chi connectivity index (χ2n) is 5.58. The summed E-state index contributed by atoms with van der Waals surface area (Å²) in [5, 5.41) is 3.44. The van der Waals surface area contributed by atoms with Crippen LogP contribution in [0.15, 0.2) is 29.2 Å². The summed E-state index contributed by atoms with van der Waals surface area (Å²) in [7, 11) is -3.38. The summed E-state index contributed by atoms with van der Waals surface area (Å²) in [4.78, 5) is 0.292. The van der Waals surface area contributed by atoms with Crippen LogP contribution in [0.4, 0.5) is 5.69 Å². The summed E-state index contributed by atoms with van der Waals surface area (Å²) in [6.07, 6.45) is 5.74. The molecule has 0 bridgehead atoms. The molecular weight excluding hydrogens is 286 g/mol. The van der Waals surface area contributed by atoms with Gasteiger partial charge in [-0.1, -0.05) is 26.2 Å². The molecule has 4 N–H and O–H groups in total. The number of nitrogens with one attached hydrogen (secondary N) is 2. The quantitative estimate of drug-likeness (QED) is 0.727. The van der Waals surface area contributed by atoms with Gasteiger partial charge in [-0.3, -0.25) is 0 Å². The van der Waals surface area contributed by atoms with Crippen molar-refractivity contribution in [1.29, 1.82) is 0 Å². The highest BCUT2D eigenvalue weighted by Gasteiger charge is 2.20. The molecule has 1 saturated carbocycles. The second kappa shape index (κ2) is 7.24. The maximum Gasteiger partial charge on any atom is 0.240 e. The number of nitrogens with two attached hydrogens (primary N) is 1. The first-order valence-corrected chi connectivity index (χ1v) is 9.13. The average Bonchev–Trinajstić information content (AvgIpc) is 2.65. The Morgan fingerprint density at radius 1 is 1.14 bits per heavy atom. The minimum absolute atomic E-state index is 0.165. The van der Waals surface area contributed by atoms with E-state index in [0.29, 0.717) is 11.4 Å². The normalized spacial score (nSPS) is 23.5. The Bertz CT molecular complexity index is 543. The Balaban J connectivity index is 2.05. The molecule has 6 heteroatoms. The third-order valence-electron chi connectivity index (χ3n) is 3.92. The maximum atomic E-state index is 11.9. The summed E-state index contributed by atoms with van der Waals surface area (Å²) in [6, 6.07) is 7.30. The minimum atomic E-state index is -3.38. The SMILES string of the molecule is CCNS(=O)(=O)c1ccc(NC2CCCCCC2N)cc1. The number of sulfonamides is 1. The Morgan fingerprint density at radius 2 is 1.81 bits per heavy atom. The highest BCUT2D eigenvalue weighted by atomic mass is 32.2. The van der Waals surface area contributed by atoms with Gasteiger partial charge in [0.15, 0.2) is 0 Å². The van der Waals surface area contributed by atoms with Crippen molar-refractivity contribution in [3.05, 3.63) is 24.3 Å². The van der Waals surface area contributed by atoms with E-state index >= 15 is 0 Å². The molecule has 0 amide bonds. The molecule has 118 valence electrons. The molecule has 0 heterocycles. The zero-order valence-corrected chi connectivity index (χ0v) is 13.3. The van der Waals surface area contributed by atoms with Gasteiger partial charge in [-0.25, -0.2) is 13.1 Å². The zero-order valence-electron chi connectivity index (χ0n) is 12.5. The molecule has 0 radical (unpaired) electrons. The Labute approximate surface area is 127 Å². The number of hydrogen-bond acceptors (Lipinski definition) is 4. The van der Waals surface area contributed by atoms with E-state index in [1.807, 2.05) is 12.1 Å². The van der Waals surface area contributed by atoms with E-state index in [-0.39, 0.29) is 12.1 Å². The summed E-state index contributed by atoms with van der Waals surface area (Å²) >= 11 is 0. The lowest BCUT2D eigenvalue weighted by Crippen LogP contribution is -2.39. The van der Waals surface area contributed by atoms with Crippen molar-refractivity contribution in [2.75, 3.05) is 11.9 Å². The van der Waals surface area contributed by atoms with Crippen LogP contribution in [0.25, 0.3) is 0 Å². The summed E-state index contributed by atoms with van der Waals surface area (Å²) < 4.78 is 26.2. The fourth-order valence-electron chi connectivity index (χ4n) is 2.73. The van der Waals surface area contributed by atoms with Gasteiger partial charge < -0.3 is 11.1 Å². The smallest absolute Gasteiger partial charge is 0.240 e. The lowest BCUT2D eigenvalue weighted by atomic mass is 10.0. The van der Waals surface area contributed by atoms with Gasteiger partial charge in [-0.15, -0.1) is 0 Å². The molecule has 2 unspecified atom stereocenters. The number of rotatable bonds is 5. The third-order valence-corrected chi connectivity index (χ3v) is 5.48. The predicted octanol–water partition coefficient (Wildman–Crippen LogP) is 2.06. The zero-order chi connectivity index (χ0) is 15.3. The molecule has 1 aliphatic rings. The van der Waals surface area contributed by atoms with Crippen LogP contribution in [0, 0.1) is 0 Å². The van der Waals surface area contributed by atoms with Crippen LogP contribution in [-0.4, -0.2) is 27.0 Å². The van der Waals surface area contributed by atoms with Crippen LogP contribution in [0.2, 0.25) is 0 Å². The molecule has 21 heavy (non-hydrogen) atoms. The molecule has 1 fully saturated rings. The van der Waals surface area contributed by atoms with Gasteiger partial charge in [0.25, 0.3) is 0 Å². The maximum absolute atomic E-state index is 11.9. The summed E-state index contributed by atoms with van der Waals surface area (Å²) in [6.45, 7) is 2.15. The van der Waals surface area contributed by atoms with Gasteiger partial charge in [0.2, 0.25) is 10.0 Å². The molecule has 0 aromatic heterocycles. The first kappa shape index (κ1) is 16.3. The third kappa shape index (κ3) is 4.43. The molecule has 2 atom stereocenters. The number of hydrogen-bond donors (Lipinski definition) is 3. The second-order valence-corrected chi connectivity index (χ2v) is 7.35. The van der Waals surface area contributed by atoms with Crippen molar-refractivity contribution in [2.45, 2.75) is 56.0 Å². The standard InChI is InChI=1S/C15H25N3O2S/c1-2-17-21(19,20)13-10-8-12(9-11-13)18-15-7-5-3-4-6-14(15)16/h8-11,14-15,17-18H,2-7,16H2,1H3. The lowest BCUT2D eigenvalue weighted by Gasteiger charge is -2.24. The Morgan fingerprint density at radius 3 is 2.48 bits per heavy atom. The van der Waals surface area contributed by atoms with Crippen molar-refractivity contribution in [3.8, 4) is 0 Å². The van der Waals surface area contributed by atoms with E-state index in [4.69, 9.17) is 5.73 Å². The molecule has 1 aromatic rings. The molecular formula is C15H25N3O2S. The molecule has 0 aliphatic heterocycles. The fraction of sp³-hybridized carbons (Fsp3) is 0.600. The van der Waals surface area contributed by atoms with E-state index < -0.39 is 10.0 Å². The van der Waals surface area contributed by atoms with Crippen molar-refractivity contribution >= 4 is 15.7 Å². The van der Waals surface area contributed by atoms with Gasteiger partial charge in [0.1, 0.15) is 0 Å². The van der Waals surface area contributed by atoms with E-state index in [9.17, 15) is 8.42 Å². The first-order chi connectivity index (χ1) is 10.0. The molecule has 5 nitrogen and oxygen atoms in total. The van der Waals surface area contributed by atoms with Gasteiger partial charge in [-0.2, -0.15) is 0 Å². The van der Waals surface area contributed by atoms with Gasteiger partial charge in [-0.05, 0) is 37.1 Å². The highest BCUT2D eigenvalue weighted by Crippen LogP contribution is 2.21. The van der Waals surface area contributed by atoms with Crippen LogP contribution < -0.4 is 15.8 Å². The van der Waals surface area contributed by atoms with Gasteiger partial charge in [0.05, 0.1) is 4.90 Å². The van der Waals surface area contributed by atoms with Crippen molar-refractivity contribution in [1.82, 2.24) is 4.72 Å². The van der Waals surface area contributed by atoms with Gasteiger partial charge >= 0.3 is 0 Å². The lowest BCUT2D eigenvalue weighted by molar-refractivity contribution is 0.528. The monoisotopic (exact) mass is 311 g/mol. The minimum Gasteiger partial charge on any atom is -0.381 e. The van der Waals surface area contributed by atoms with E-state index in [0.717, 1.165) is 18.5 Å². The Hall–Kier alpha value is -1.11. The van der Waals surface area contributed by atoms with Gasteiger partial charge in [0, 0.05) is 24.3 Å². The van der Waals surface area contributed by atoms with E-state index in [2.05, 4.69) is 10.0 Å². The average molecular weight is 311 g/mol. The molecule has 0 saturated heterocycles. The van der Waals surface area contributed by atoms with Crippen molar-refractivity contribution < 1.29 is 8.42 Å². The van der Waals surface area contributed by atoms with Crippen molar-refractivity contribution in [3.63, 3.8) is 0 Å². The first-order valence-electron chi connectivity index (χ1n) is 7.65. The number of anilines is 1. The van der Waals surface area contributed by atoms with E-state index in [1.54, 1.807) is 19.1 Å². The van der Waals surface area contributed by atoms with Crippen LogP contribution in [0.3, 0.4) is 0 Å². The van der Waals surface area contributed by atoms with Crippen molar-refractivity contribution in [2.24, 2.45) is 5.73 Å². The predicted molar refractivity (Wildman–Crippen MR) is 85.8 cm³/mol. The molecule has 1 aromatic carbocycles. The van der Waals surface area contributed by atoms with Crippen LogP contribution >= 0.6 is 0 Å². The van der Waals surface area contributed by atoms with E-state index in [1.165, 1.54) is 19.3 Å². The highest BCUT2D eigenvalue weighted by molar-refractivity contribution is 7.89. The summed E-state index contributed by atoms with van der Waals surface area (Å²) in [5.41, 5.74) is 7.12. The fourth-order valence-corrected chi connectivity index (χ4v) is 3.77. The van der Waals surface area contributed by atoms with Crippen LogP contribution in [0.5, 0.6) is 0 Å². The summed E-state index contributed by atoms with van der Waals surface area (Å²) in [5.74, 6) is 0. The number of benzene rings is 1. The Kier molecular flexibility index (Phi) is 5.61. The largest absolute Gasteiger partial charge is 0.381 e. The topological polar surface area (TPSA) is 84.2 Å². The molecule has 2 rings (SSSR count).